The number of carbonyl (C=O) groups is 2. The van der Waals surface area contributed by atoms with Gasteiger partial charge in [0.15, 0.2) is 0 Å². The maximum atomic E-state index is 12.7. The number of benzene rings is 1. The first kappa shape index (κ1) is 16.8. The van der Waals surface area contributed by atoms with Crippen LogP contribution in [0.3, 0.4) is 0 Å². The molecule has 0 bridgehead atoms. The number of esters is 1. The monoisotopic (exact) mass is 323 g/mol. The molecule has 1 fully saturated rings. The number of hydrogen-bond acceptors (Lipinski definition) is 5. The first-order valence-corrected chi connectivity index (χ1v) is 7.16. The molecule has 1 heterocycles. The average molecular weight is 323 g/mol. The number of nitrogens with one attached hydrogen (secondary N) is 1. The molecule has 0 atom stereocenters. The molecule has 0 spiro atoms. The number of halogens is 1. The summed E-state index contributed by atoms with van der Waals surface area (Å²) in [5.74, 6) is -2.04. The van der Waals surface area contributed by atoms with Crippen molar-refractivity contribution in [3.63, 3.8) is 0 Å². The van der Waals surface area contributed by atoms with Crippen molar-refractivity contribution in [2.45, 2.75) is 26.1 Å². The van der Waals surface area contributed by atoms with E-state index in [-0.39, 0.29) is 11.6 Å². The third-order valence-electron chi connectivity index (χ3n) is 2.86. The summed E-state index contributed by atoms with van der Waals surface area (Å²) in [7, 11) is 0. The Balaban J connectivity index is 1.67. The summed E-state index contributed by atoms with van der Waals surface area (Å²) in [5, 5.41) is 2.61. The van der Waals surface area contributed by atoms with E-state index in [1.807, 2.05) is 0 Å². The third kappa shape index (κ3) is 5.28. The van der Waals surface area contributed by atoms with Gasteiger partial charge in [0.1, 0.15) is 11.6 Å². The van der Waals surface area contributed by atoms with Crippen molar-refractivity contribution in [2.75, 3.05) is 13.2 Å². The number of rotatable bonds is 6. The molecule has 1 aliphatic rings. The molecule has 1 aliphatic heterocycles. The number of ether oxygens (including phenoxy) is 3. The molecule has 1 amide bonds. The summed E-state index contributed by atoms with van der Waals surface area (Å²) < 4.78 is 28.2. The molecule has 1 N–H and O–H groups in total. The standard InChI is InChI=1S/C16H18FNO5/c1-16(2)22-13(15(20)23-16)10-14(19)18-8-3-9-21-12-6-4-11(17)5-7-12/h4-7,10H,3,8-9H2,1-2H3,(H,18,19)/b13-10-. The van der Waals surface area contributed by atoms with Gasteiger partial charge in [0.2, 0.25) is 17.5 Å². The number of cyclic esters (lactones) is 1. The van der Waals surface area contributed by atoms with Crippen LogP contribution in [0.25, 0.3) is 0 Å². The Labute approximate surface area is 133 Å². The minimum Gasteiger partial charge on any atom is -0.494 e. The van der Waals surface area contributed by atoms with Crippen molar-refractivity contribution in [3.05, 3.63) is 41.9 Å². The molecular weight excluding hydrogens is 305 g/mol. The van der Waals surface area contributed by atoms with Gasteiger partial charge < -0.3 is 19.5 Å². The minimum atomic E-state index is -1.05. The summed E-state index contributed by atoms with van der Waals surface area (Å²) in [6.07, 6.45) is 1.63. The average Bonchev–Trinajstić information content (AvgIpc) is 2.73. The van der Waals surface area contributed by atoms with Crippen molar-refractivity contribution < 1.29 is 28.2 Å². The lowest BCUT2D eigenvalue weighted by molar-refractivity contribution is -0.159. The van der Waals surface area contributed by atoms with Gasteiger partial charge in [-0.1, -0.05) is 0 Å². The van der Waals surface area contributed by atoms with Crippen molar-refractivity contribution >= 4 is 11.9 Å². The number of carbonyl (C=O) groups excluding carboxylic acids is 2. The van der Waals surface area contributed by atoms with Gasteiger partial charge in [0.05, 0.1) is 12.7 Å². The Bertz CT molecular complexity index is 609. The SMILES string of the molecule is CC1(C)OC(=O)/C(=C/C(=O)NCCCOc2ccc(F)cc2)O1. The van der Waals surface area contributed by atoms with Crippen LogP contribution in [0, 0.1) is 5.82 Å². The quantitative estimate of drug-likeness (QED) is 0.492. The molecule has 0 saturated carbocycles. The summed E-state index contributed by atoms with van der Waals surface area (Å²) in [4.78, 5) is 23.1. The molecule has 0 radical (unpaired) electrons. The van der Waals surface area contributed by atoms with Crippen LogP contribution in [0.5, 0.6) is 5.75 Å². The van der Waals surface area contributed by atoms with E-state index in [1.165, 1.54) is 24.3 Å². The van der Waals surface area contributed by atoms with Crippen LogP contribution in [0.2, 0.25) is 0 Å². The maximum absolute atomic E-state index is 12.7. The van der Waals surface area contributed by atoms with Crippen molar-refractivity contribution in [1.82, 2.24) is 5.32 Å². The minimum absolute atomic E-state index is 0.116. The molecule has 1 saturated heterocycles. The first-order valence-electron chi connectivity index (χ1n) is 7.16. The van der Waals surface area contributed by atoms with Crippen LogP contribution in [0.15, 0.2) is 36.1 Å². The predicted molar refractivity (Wildman–Crippen MR) is 78.9 cm³/mol. The third-order valence-corrected chi connectivity index (χ3v) is 2.86. The highest BCUT2D eigenvalue weighted by Crippen LogP contribution is 2.25. The van der Waals surface area contributed by atoms with E-state index in [1.54, 1.807) is 13.8 Å². The second-order valence-corrected chi connectivity index (χ2v) is 5.35. The molecule has 23 heavy (non-hydrogen) atoms. The van der Waals surface area contributed by atoms with Gasteiger partial charge in [-0.25, -0.2) is 9.18 Å². The van der Waals surface area contributed by atoms with Crippen LogP contribution in [0.1, 0.15) is 20.3 Å². The lowest BCUT2D eigenvalue weighted by Gasteiger charge is -2.13. The molecule has 124 valence electrons. The molecular formula is C16H18FNO5. The van der Waals surface area contributed by atoms with Crippen LogP contribution >= 0.6 is 0 Å². The van der Waals surface area contributed by atoms with Crippen LogP contribution in [-0.2, 0) is 19.1 Å². The fourth-order valence-corrected chi connectivity index (χ4v) is 1.86. The highest BCUT2D eigenvalue weighted by atomic mass is 19.1. The number of amides is 1. The van der Waals surface area contributed by atoms with E-state index in [0.29, 0.717) is 25.3 Å². The largest absolute Gasteiger partial charge is 0.494 e. The zero-order valence-electron chi connectivity index (χ0n) is 12.9. The fourth-order valence-electron chi connectivity index (χ4n) is 1.86. The molecule has 1 aromatic carbocycles. The van der Waals surface area contributed by atoms with E-state index in [0.717, 1.165) is 6.08 Å². The Kier molecular flexibility index (Phi) is 5.20. The van der Waals surface area contributed by atoms with Gasteiger partial charge in [-0.2, -0.15) is 0 Å². The zero-order valence-corrected chi connectivity index (χ0v) is 12.9. The van der Waals surface area contributed by atoms with Crippen molar-refractivity contribution in [3.8, 4) is 5.75 Å². The van der Waals surface area contributed by atoms with Gasteiger partial charge in [-0.15, -0.1) is 0 Å². The summed E-state index contributed by atoms with van der Waals surface area (Å²) in [6.45, 7) is 3.89. The normalized spacial score (nSPS) is 17.5. The summed E-state index contributed by atoms with van der Waals surface area (Å²) in [5.41, 5.74) is 0. The highest BCUT2D eigenvalue weighted by molar-refractivity contribution is 5.97. The molecule has 6 nitrogen and oxygen atoms in total. The molecule has 1 aromatic rings. The van der Waals surface area contributed by atoms with E-state index < -0.39 is 17.7 Å². The molecule has 7 heteroatoms. The van der Waals surface area contributed by atoms with Gasteiger partial charge in [-0.3, -0.25) is 4.79 Å². The number of hydrogen-bond donors (Lipinski definition) is 1. The van der Waals surface area contributed by atoms with Gasteiger partial charge in [0, 0.05) is 20.4 Å². The van der Waals surface area contributed by atoms with E-state index >= 15 is 0 Å². The first-order chi connectivity index (χ1) is 10.9. The molecule has 0 aliphatic carbocycles. The second-order valence-electron chi connectivity index (χ2n) is 5.35. The highest BCUT2D eigenvalue weighted by Gasteiger charge is 2.37. The van der Waals surface area contributed by atoms with Crippen LogP contribution in [0.4, 0.5) is 4.39 Å². The molecule has 0 aromatic heterocycles. The zero-order chi connectivity index (χ0) is 16.9. The Morgan fingerprint density at radius 1 is 1.30 bits per heavy atom. The van der Waals surface area contributed by atoms with Crippen molar-refractivity contribution in [2.24, 2.45) is 0 Å². The Hall–Kier alpha value is -2.57. The van der Waals surface area contributed by atoms with Gasteiger partial charge >= 0.3 is 5.97 Å². The van der Waals surface area contributed by atoms with E-state index in [9.17, 15) is 14.0 Å². The van der Waals surface area contributed by atoms with Gasteiger partial charge in [-0.05, 0) is 30.7 Å². The predicted octanol–water partition coefficient (Wildman–Crippen LogP) is 1.90. The van der Waals surface area contributed by atoms with Gasteiger partial charge in [0.25, 0.3) is 0 Å². The lowest BCUT2D eigenvalue weighted by Crippen LogP contribution is -2.24. The van der Waals surface area contributed by atoms with E-state index in [4.69, 9.17) is 14.2 Å². The lowest BCUT2D eigenvalue weighted by atomic mass is 10.3. The Morgan fingerprint density at radius 3 is 2.61 bits per heavy atom. The maximum Gasteiger partial charge on any atom is 0.377 e. The Morgan fingerprint density at radius 2 is 2.00 bits per heavy atom. The summed E-state index contributed by atoms with van der Waals surface area (Å²) >= 11 is 0. The fraction of sp³-hybridized carbons (Fsp3) is 0.375. The van der Waals surface area contributed by atoms with Crippen molar-refractivity contribution in [1.29, 1.82) is 0 Å². The smallest absolute Gasteiger partial charge is 0.377 e. The second kappa shape index (κ2) is 7.13. The van der Waals surface area contributed by atoms with E-state index in [2.05, 4.69) is 5.32 Å². The summed E-state index contributed by atoms with van der Waals surface area (Å²) in [6, 6.07) is 5.68. The molecule has 2 rings (SSSR count). The molecule has 0 unspecified atom stereocenters. The topological polar surface area (TPSA) is 73.9 Å². The van der Waals surface area contributed by atoms with Crippen LogP contribution in [-0.4, -0.2) is 30.8 Å². The van der Waals surface area contributed by atoms with Crippen LogP contribution < -0.4 is 10.1 Å².